The van der Waals surface area contributed by atoms with E-state index in [9.17, 15) is 19.5 Å². The SMILES string of the molecule is CCOc1ccc(C(=O)N2CCC(NC(=O)C3(C(=O)O)CCC3)CC2)cc1. The van der Waals surface area contributed by atoms with Gasteiger partial charge in [0.2, 0.25) is 5.91 Å². The number of likely N-dealkylation sites (tertiary alicyclic amines) is 1. The molecule has 1 aliphatic heterocycles. The molecular weight excluding hydrogens is 348 g/mol. The highest BCUT2D eigenvalue weighted by atomic mass is 16.5. The first-order valence-electron chi connectivity index (χ1n) is 9.53. The van der Waals surface area contributed by atoms with Gasteiger partial charge in [-0.15, -0.1) is 0 Å². The number of piperidine rings is 1. The van der Waals surface area contributed by atoms with Gasteiger partial charge in [-0.2, -0.15) is 0 Å². The second-order valence-electron chi connectivity index (χ2n) is 7.24. The van der Waals surface area contributed by atoms with Crippen LogP contribution in [0.2, 0.25) is 0 Å². The molecule has 0 spiro atoms. The maximum absolute atomic E-state index is 12.6. The third-order valence-electron chi connectivity index (χ3n) is 5.58. The number of aliphatic carboxylic acids is 1. The summed E-state index contributed by atoms with van der Waals surface area (Å²) in [6.45, 7) is 3.56. The molecule has 2 N–H and O–H groups in total. The molecule has 1 aliphatic carbocycles. The Morgan fingerprint density at radius 3 is 2.30 bits per heavy atom. The van der Waals surface area contributed by atoms with Crippen molar-refractivity contribution in [3.8, 4) is 5.75 Å². The number of carbonyl (C=O) groups is 3. The van der Waals surface area contributed by atoms with Crippen molar-refractivity contribution in [2.24, 2.45) is 5.41 Å². The molecule has 7 nitrogen and oxygen atoms in total. The molecule has 2 fully saturated rings. The lowest BCUT2D eigenvalue weighted by atomic mass is 9.68. The van der Waals surface area contributed by atoms with Crippen LogP contribution in [0, 0.1) is 5.41 Å². The van der Waals surface area contributed by atoms with Crippen LogP contribution in [0.1, 0.15) is 49.4 Å². The number of carboxylic acid groups (broad SMARTS) is 1. The van der Waals surface area contributed by atoms with Crippen molar-refractivity contribution in [1.82, 2.24) is 10.2 Å². The van der Waals surface area contributed by atoms with Crippen LogP contribution < -0.4 is 10.1 Å². The number of nitrogens with zero attached hydrogens (tertiary/aromatic N) is 1. The number of nitrogens with one attached hydrogen (secondary N) is 1. The van der Waals surface area contributed by atoms with E-state index in [0.29, 0.717) is 50.9 Å². The van der Waals surface area contributed by atoms with Gasteiger partial charge in [0.25, 0.3) is 5.91 Å². The van der Waals surface area contributed by atoms with Crippen LogP contribution in [0.5, 0.6) is 5.75 Å². The fourth-order valence-electron chi connectivity index (χ4n) is 3.66. The monoisotopic (exact) mass is 374 g/mol. The number of ether oxygens (including phenoxy) is 1. The Kier molecular flexibility index (Phi) is 5.68. The quantitative estimate of drug-likeness (QED) is 0.743. The van der Waals surface area contributed by atoms with E-state index < -0.39 is 11.4 Å². The predicted octanol–water partition coefficient (Wildman–Crippen LogP) is 2.06. The third kappa shape index (κ3) is 3.91. The molecule has 2 aliphatic rings. The van der Waals surface area contributed by atoms with Crippen molar-refractivity contribution >= 4 is 17.8 Å². The van der Waals surface area contributed by atoms with E-state index in [0.717, 1.165) is 12.2 Å². The number of carbonyl (C=O) groups excluding carboxylic acids is 2. The van der Waals surface area contributed by atoms with Gasteiger partial charge in [-0.25, -0.2) is 0 Å². The fraction of sp³-hybridized carbons (Fsp3) is 0.550. The second kappa shape index (κ2) is 7.98. The molecule has 3 rings (SSSR count). The number of hydrogen-bond donors (Lipinski definition) is 2. The highest BCUT2D eigenvalue weighted by Crippen LogP contribution is 2.41. The van der Waals surface area contributed by atoms with Crippen LogP contribution in [0.25, 0.3) is 0 Å². The van der Waals surface area contributed by atoms with Crippen LogP contribution in [-0.2, 0) is 9.59 Å². The Bertz CT molecular complexity index is 704. The summed E-state index contributed by atoms with van der Waals surface area (Å²) in [5.41, 5.74) is -0.629. The molecule has 0 bridgehead atoms. The van der Waals surface area contributed by atoms with Crippen molar-refractivity contribution in [2.45, 2.75) is 45.1 Å². The molecule has 0 atom stereocenters. The Morgan fingerprint density at radius 1 is 1.19 bits per heavy atom. The lowest BCUT2D eigenvalue weighted by Gasteiger charge is -2.39. The summed E-state index contributed by atoms with van der Waals surface area (Å²) in [6, 6.07) is 7.00. The van der Waals surface area contributed by atoms with Gasteiger partial charge in [0.05, 0.1) is 6.61 Å². The smallest absolute Gasteiger partial charge is 0.319 e. The molecule has 1 saturated heterocycles. The van der Waals surface area contributed by atoms with E-state index in [4.69, 9.17) is 4.74 Å². The topological polar surface area (TPSA) is 95.9 Å². The molecule has 0 unspecified atom stereocenters. The van der Waals surface area contributed by atoms with Crippen LogP contribution in [0.4, 0.5) is 0 Å². The zero-order valence-corrected chi connectivity index (χ0v) is 15.6. The van der Waals surface area contributed by atoms with Crippen molar-refractivity contribution in [1.29, 1.82) is 0 Å². The van der Waals surface area contributed by atoms with Gasteiger partial charge < -0.3 is 20.1 Å². The molecule has 146 valence electrons. The first-order valence-corrected chi connectivity index (χ1v) is 9.53. The van der Waals surface area contributed by atoms with E-state index in [1.165, 1.54) is 0 Å². The summed E-state index contributed by atoms with van der Waals surface area (Å²) >= 11 is 0. The molecule has 1 heterocycles. The Hall–Kier alpha value is -2.57. The molecular formula is C20H26N2O5. The van der Waals surface area contributed by atoms with Gasteiger partial charge in [-0.05, 0) is 56.9 Å². The van der Waals surface area contributed by atoms with Gasteiger partial charge >= 0.3 is 5.97 Å². The summed E-state index contributed by atoms with van der Waals surface area (Å²) in [6.07, 6.45) is 2.84. The minimum absolute atomic E-state index is 0.0381. The van der Waals surface area contributed by atoms with Crippen molar-refractivity contribution in [3.05, 3.63) is 29.8 Å². The minimum atomic E-state index is -1.24. The highest BCUT2D eigenvalue weighted by Gasteiger charge is 2.51. The van der Waals surface area contributed by atoms with Gasteiger partial charge in [-0.1, -0.05) is 6.42 Å². The fourth-order valence-corrected chi connectivity index (χ4v) is 3.66. The second-order valence-corrected chi connectivity index (χ2v) is 7.24. The number of rotatable bonds is 6. The summed E-state index contributed by atoms with van der Waals surface area (Å²) < 4.78 is 5.39. The predicted molar refractivity (Wildman–Crippen MR) is 98.6 cm³/mol. The Morgan fingerprint density at radius 2 is 1.81 bits per heavy atom. The average molecular weight is 374 g/mol. The van der Waals surface area contributed by atoms with Gasteiger partial charge in [0.15, 0.2) is 0 Å². The normalized spacial score (nSPS) is 19.1. The van der Waals surface area contributed by atoms with E-state index in [2.05, 4.69) is 5.32 Å². The number of benzene rings is 1. The molecule has 1 aromatic carbocycles. The highest BCUT2D eigenvalue weighted by molar-refractivity contribution is 6.03. The zero-order valence-electron chi connectivity index (χ0n) is 15.6. The molecule has 2 amide bonds. The third-order valence-corrected chi connectivity index (χ3v) is 5.58. The van der Waals surface area contributed by atoms with Crippen LogP contribution in [-0.4, -0.2) is 53.5 Å². The van der Waals surface area contributed by atoms with Crippen molar-refractivity contribution in [3.63, 3.8) is 0 Å². The van der Waals surface area contributed by atoms with Crippen molar-refractivity contribution < 1.29 is 24.2 Å². The van der Waals surface area contributed by atoms with Gasteiger partial charge in [0.1, 0.15) is 11.2 Å². The molecule has 7 heteroatoms. The number of hydrogen-bond acceptors (Lipinski definition) is 4. The van der Waals surface area contributed by atoms with Crippen molar-refractivity contribution in [2.75, 3.05) is 19.7 Å². The number of carboxylic acids is 1. The molecule has 0 radical (unpaired) electrons. The summed E-state index contributed by atoms with van der Waals surface area (Å²) in [7, 11) is 0. The summed E-state index contributed by atoms with van der Waals surface area (Å²) in [4.78, 5) is 38.2. The van der Waals surface area contributed by atoms with E-state index in [1.807, 2.05) is 6.92 Å². The van der Waals surface area contributed by atoms with Gasteiger partial charge in [0, 0.05) is 24.7 Å². The van der Waals surface area contributed by atoms with Gasteiger partial charge in [-0.3, -0.25) is 14.4 Å². The molecule has 1 aromatic rings. The minimum Gasteiger partial charge on any atom is -0.494 e. The lowest BCUT2D eigenvalue weighted by molar-refractivity contribution is -0.162. The Labute approximate surface area is 158 Å². The summed E-state index contributed by atoms with van der Waals surface area (Å²) in [5.74, 6) is -0.713. The molecule has 0 aromatic heterocycles. The molecule has 1 saturated carbocycles. The Balaban J connectivity index is 1.52. The van der Waals surface area contributed by atoms with Crippen LogP contribution in [0.15, 0.2) is 24.3 Å². The van der Waals surface area contributed by atoms with E-state index in [1.54, 1.807) is 29.2 Å². The first-order chi connectivity index (χ1) is 13.0. The van der Waals surface area contributed by atoms with E-state index >= 15 is 0 Å². The molecule has 27 heavy (non-hydrogen) atoms. The maximum atomic E-state index is 12.6. The first kappa shape index (κ1) is 19.2. The van der Waals surface area contributed by atoms with E-state index in [-0.39, 0.29) is 17.9 Å². The number of amides is 2. The largest absolute Gasteiger partial charge is 0.494 e. The zero-order chi connectivity index (χ0) is 19.4. The lowest BCUT2D eigenvalue weighted by Crippen LogP contribution is -2.55. The maximum Gasteiger partial charge on any atom is 0.319 e. The van der Waals surface area contributed by atoms with Crippen LogP contribution >= 0.6 is 0 Å². The average Bonchev–Trinajstić information content (AvgIpc) is 2.61. The summed E-state index contributed by atoms with van der Waals surface area (Å²) in [5, 5.41) is 12.2. The standard InChI is InChI=1S/C20H26N2O5/c1-2-27-16-6-4-14(5-7-16)17(23)22-12-8-15(9-13-22)21-18(24)20(19(25)26)10-3-11-20/h4-7,15H,2-3,8-13H2,1H3,(H,21,24)(H,25,26). The van der Waals surface area contributed by atoms with Crippen LogP contribution in [0.3, 0.4) is 0 Å².